The van der Waals surface area contributed by atoms with Crippen LogP contribution >= 0.6 is 15.9 Å². The van der Waals surface area contributed by atoms with Crippen LogP contribution in [0.1, 0.15) is 11.7 Å². The van der Waals surface area contributed by atoms with Gasteiger partial charge in [-0.15, -0.1) is 0 Å². The van der Waals surface area contributed by atoms with E-state index in [0.717, 1.165) is 15.8 Å². The molecule has 0 saturated carbocycles. The second kappa shape index (κ2) is 6.85. The molecule has 0 aliphatic heterocycles. The van der Waals surface area contributed by atoms with Crippen LogP contribution in [0.2, 0.25) is 0 Å². The first kappa shape index (κ1) is 13.4. The molecule has 90 valence electrons. The van der Waals surface area contributed by atoms with E-state index in [1.807, 2.05) is 18.2 Å². The Morgan fingerprint density at radius 3 is 2.75 bits per heavy atom. The van der Waals surface area contributed by atoms with Gasteiger partial charge in [-0.1, -0.05) is 6.07 Å². The van der Waals surface area contributed by atoms with Gasteiger partial charge >= 0.3 is 0 Å². The fourth-order valence-corrected chi connectivity index (χ4v) is 1.94. The quantitative estimate of drug-likeness (QED) is 0.832. The zero-order chi connectivity index (χ0) is 12.0. The minimum absolute atomic E-state index is 0.00613. The maximum absolute atomic E-state index is 8.70. The molecule has 1 atom stereocenters. The van der Waals surface area contributed by atoms with Crippen LogP contribution in [0.15, 0.2) is 22.7 Å². The van der Waals surface area contributed by atoms with Crippen LogP contribution < -0.4 is 10.5 Å². The lowest BCUT2D eigenvalue weighted by Gasteiger charge is -2.16. The predicted octanol–water partition coefficient (Wildman–Crippen LogP) is 1.47. The number of nitrogens with two attached hydrogens (primary N) is 1. The van der Waals surface area contributed by atoms with Crippen LogP contribution in [0.25, 0.3) is 0 Å². The van der Waals surface area contributed by atoms with Crippen molar-refractivity contribution in [2.24, 2.45) is 5.73 Å². The summed E-state index contributed by atoms with van der Waals surface area (Å²) in [6.45, 7) is 0.651. The van der Waals surface area contributed by atoms with Gasteiger partial charge in [0.25, 0.3) is 0 Å². The number of aliphatic hydroxyl groups excluding tert-OH is 1. The van der Waals surface area contributed by atoms with Crippen molar-refractivity contribution in [2.45, 2.75) is 6.10 Å². The molecule has 0 radical (unpaired) electrons. The lowest BCUT2D eigenvalue weighted by atomic mass is 10.1. The first-order valence-corrected chi connectivity index (χ1v) is 5.78. The SMILES string of the molecule is COc1ccc(C(CN)OCCO)cc1Br. The van der Waals surface area contributed by atoms with Gasteiger partial charge in [0, 0.05) is 6.54 Å². The van der Waals surface area contributed by atoms with Crippen LogP contribution in [-0.2, 0) is 4.74 Å². The molecule has 1 aromatic rings. The number of hydrogen-bond acceptors (Lipinski definition) is 4. The lowest BCUT2D eigenvalue weighted by molar-refractivity contribution is 0.0328. The molecule has 0 heterocycles. The van der Waals surface area contributed by atoms with Crippen molar-refractivity contribution in [2.75, 3.05) is 26.9 Å². The highest BCUT2D eigenvalue weighted by molar-refractivity contribution is 9.10. The first-order valence-electron chi connectivity index (χ1n) is 4.99. The van der Waals surface area contributed by atoms with Gasteiger partial charge in [-0.3, -0.25) is 0 Å². The van der Waals surface area contributed by atoms with Gasteiger partial charge in [-0.05, 0) is 33.6 Å². The van der Waals surface area contributed by atoms with Gasteiger partial charge in [0.2, 0.25) is 0 Å². The van der Waals surface area contributed by atoms with Crippen molar-refractivity contribution in [3.63, 3.8) is 0 Å². The van der Waals surface area contributed by atoms with Gasteiger partial charge < -0.3 is 20.3 Å². The molecule has 3 N–H and O–H groups in total. The summed E-state index contributed by atoms with van der Waals surface area (Å²) < 4.78 is 11.4. The molecular weight excluding hydrogens is 274 g/mol. The molecule has 0 fully saturated rings. The van der Waals surface area contributed by atoms with Gasteiger partial charge in [0.05, 0.1) is 30.9 Å². The maximum Gasteiger partial charge on any atom is 0.133 e. The number of halogens is 1. The fraction of sp³-hybridized carbons (Fsp3) is 0.455. The molecule has 0 aliphatic carbocycles. The zero-order valence-electron chi connectivity index (χ0n) is 9.15. The summed E-state index contributed by atoms with van der Waals surface area (Å²) in [5, 5.41) is 8.70. The molecule has 1 aromatic carbocycles. The summed E-state index contributed by atoms with van der Waals surface area (Å²) >= 11 is 3.40. The number of hydrogen-bond donors (Lipinski definition) is 2. The van der Waals surface area contributed by atoms with E-state index < -0.39 is 0 Å². The summed E-state index contributed by atoms with van der Waals surface area (Å²) in [4.78, 5) is 0. The Morgan fingerprint density at radius 2 is 2.25 bits per heavy atom. The fourth-order valence-electron chi connectivity index (χ4n) is 1.38. The molecule has 1 rings (SSSR count). The van der Waals surface area contributed by atoms with Gasteiger partial charge in [0.1, 0.15) is 5.75 Å². The molecule has 4 nitrogen and oxygen atoms in total. The average molecular weight is 290 g/mol. The molecule has 0 saturated heterocycles. The van der Waals surface area contributed by atoms with Crippen molar-refractivity contribution >= 4 is 15.9 Å². The molecule has 0 aliphatic rings. The number of methoxy groups -OCH3 is 1. The van der Waals surface area contributed by atoms with E-state index in [4.69, 9.17) is 20.3 Å². The monoisotopic (exact) mass is 289 g/mol. The largest absolute Gasteiger partial charge is 0.496 e. The summed E-state index contributed by atoms with van der Waals surface area (Å²) in [6.07, 6.45) is -0.200. The van der Waals surface area contributed by atoms with Crippen molar-refractivity contribution in [3.05, 3.63) is 28.2 Å². The highest BCUT2D eigenvalue weighted by atomic mass is 79.9. The van der Waals surface area contributed by atoms with Crippen LogP contribution in [-0.4, -0.2) is 32.0 Å². The van der Waals surface area contributed by atoms with Crippen LogP contribution in [0.4, 0.5) is 0 Å². The molecular formula is C11H16BrNO3. The Hall–Kier alpha value is -0.620. The van der Waals surface area contributed by atoms with Gasteiger partial charge in [-0.25, -0.2) is 0 Å². The minimum atomic E-state index is -0.200. The third-order valence-corrected chi connectivity index (χ3v) is 2.79. The summed E-state index contributed by atoms with van der Waals surface area (Å²) in [5.74, 6) is 0.765. The molecule has 0 aromatic heterocycles. The third-order valence-electron chi connectivity index (χ3n) is 2.17. The van der Waals surface area contributed by atoms with E-state index in [1.54, 1.807) is 7.11 Å². The highest BCUT2D eigenvalue weighted by Crippen LogP contribution is 2.28. The lowest BCUT2D eigenvalue weighted by Crippen LogP contribution is -2.17. The van der Waals surface area contributed by atoms with Crippen molar-refractivity contribution in [1.82, 2.24) is 0 Å². The third kappa shape index (κ3) is 3.45. The van der Waals surface area contributed by atoms with Crippen LogP contribution in [0, 0.1) is 0 Å². The first-order chi connectivity index (χ1) is 7.72. The van der Waals surface area contributed by atoms with Crippen LogP contribution in [0.3, 0.4) is 0 Å². The summed E-state index contributed by atoms with van der Waals surface area (Å²) in [6, 6.07) is 5.66. The number of rotatable bonds is 6. The Morgan fingerprint density at radius 1 is 1.50 bits per heavy atom. The number of aliphatic hydroxyl groups is 1. The number of ether oxygens (including phenoxy) is 2. The Balaban J connectivity index is 2.80. The molecule has 0 spiro atoms. The van der Waals surface area contributed by atoms with E-state index in [9.17, 15) is 0 Å². The predicted molar refractivity (Wildman–Crippen MR) is 65.5 cm³/mol. The van der Waals surface area contributed by atoms with E-state index in [0.29, 0.717) is 6.54 Å². The molecule has 5 heteroatoms. The highest BCUT2D eigenvalue weighted by Gasteiger charge is 2.11. The summed E-state index contributed by atoms with van der Waals surface area (Å²) in [5.41, 5.74) is 6.57. The van der Waals surface area contributed by atoms with Crippen molar-refractivity contribution in [1.29, 1.82) is 0 Å². The van der Waals surface area contributed by atoms with E-state index in [1.165, 1.54) is 0 Å². The molecule has 16 heavy (non-hydrogen) atoms. The van der Waals surface area contributed by atoms with Gasteiger partial charge in [0.15, 0.2) is 0 Å². The zero-order valence-corrected chi connectivity index (χ0v) is 10.7. The second-order valence-corrected chi connectivity index (χ2v) is 4.07. The molecule has 1 unspecified atom stereocenters. The van der Waals surface area contributed by atoms with Crippen molar-refractivity contribution < 1.29 is 14.6 Å². The normalized spacial score (nSPS) is 12.5. The van der Waals surface area contributed by atoms with Crippen LogP contribution in [0.5, 0.6) is 5.75 Å². The van der Waals surface area contributed by atoms with E-state index >= 15 is 0 Å². The van der Waals surface area contributed by atoms with Crippen molar-refractivity contribution in [3.8, 4) is 5.75 Å². The van der Waals surface area contributed by atoms with E-state index in [2.05, 4.69) is 15.9 Å². The Labute approximate surface area is 103 Å². The second-order valence-electron chi connectivity index (χ2n) is 3.21. The van der Waals surface area contributed by atoms with E-state index in [-0.39, 0.29) is 19.3 Å². The standard InChI is InChI=1S/C11H16BrNO3/c1-15-10-3-2-8(6-9(10)12)11(7-13)16-5-4-14/h2-3,6,11,14H,4-5,7,13H2,1H3. The Kier molecular flexibility index (Phi) is 5.76. The summed E-state index contributed by atoms with van der Waals surface area (Å²) in [7, 11) is 1.61. The topological polar surface area (TPSA) is 64.7 Å². The van der Waals surface area contributed by atoms with Gasteiger partial charge in [-0.2, -0.15) is 0 Å². The minimum Gasteiger partial charge on any atom is -0.496 e. The Bertz CT molecular complexity index is 333. The maximum atomic E-state index is 8.70. The molecule has 0 amide bonds. The smallest absolute Gasteiger partial charge is 0.133 e. The average Bonchev–Trinajstić information content (AvgIpc) is 2.30. The number of benzene rings is 1. The molecule has 0 bridgehead atoms.